The maximum atomic E-state index is 13.4. The number of phosphoric ester groups is 1. The molecule has 0 N–H and O–H groups in total. The summed E-state index contributed by atoms with van der Waals surface area (Å²) >= 11 is 0. The van der Waals surface area contributed by atoms with Crippen molar-refractivity contribution in [2.75, 3.05) is 17.2 Å². The number of alkyl halides is 2. The van der Waals surface area contributed by atoms with E-state index in [-0.39, 0.29) is 18.2 Å². The standard InChI is InChI=1S/C26H24F2N5O7PS/c1-4-37-41(34)39-26(2,40-41)24-29-12-15(13-30-24)14-8-9-16-18(10-14)32-19-11-20(23(32)31-16)33(42(3,35)36)17-6-5-7-21(22(17)19)38-25(27)28/h5-10,12-13,19-20,25H,4,11H2,1-3H3/t19-,20-,26?,41?/m1/s1. The number of hydrogen-bond donors (Lipinski definition) is 0. The number of hydrogen-bond acceptors (Lipinski definition) is 10. The van der Waals surface area contributed by atoms with Crippen LogP contribution in [-0.2, 0) is 33.9 Å². The van der Waals surface area contributed by atoms with E-state index in [9.17, 15) is 21.8 Å². The lowest BCUT2D eigenvalue weighted by Gasteiger charge is -2.40. The van der Waals surface area contributed by atoms with Crippen molar-refractivity contribution in [2.24, 2.45) is 0 Å². The number of halogens is 2. The summed E-state index contributed by atoms with van der Waals surface area (Å²) in [4.78, 5) is 13.5. The Morgan fingerprint density at radius 1 is 1.14 bits per heavy atom. The van der Waals surface area contributed by atoms with E-state index in [1.807, 2.05) is 16.7 Å². The predicted octanol–water partition coefficient (Wildman–Crippen LogP) is 5.27. The zero-order chi connectivity index (χ0) is 29.6. The maximum absolute atomic E-state index is 13.4. The fourth-order valence-electron chi connectivity index (χ4n) is 6.00. The summed E-state index contributed by atoms with van der Waals surface area (Å²) < 4.78 is 88.7. The number of ether oxygens (including phenoxy) is 1. The fraction of sp³-hybridized carbons (Fsp3) is 0.346. The number of anilines is 1. The highest BCUT2D eigenvalue weighted by atomic mass is 32.2. The van der Waals surface area contributed by atoms with Crippen molar-refractivity contribution in [1.82, 2.24) is 19.5 Å². The molecule has 3 aliphatic rings. The summed E-state index contributed by atoms with van der Waals surface area (Å²) in [6.45, 7) is 0.290. The SMILES string of the molecule is CCOP1(=O)OC(C)(c2ncc(-c3ccc4nc5n(c4c3)[C@@H]3C[C@H]5N(S(C)(=O)=O)c4cccc(OC(F)F)c43)cn2)O1. The van der Waals surface area contributed by atoms with Gasteiger partial charge in [-0.05, 0) is 43.7 Å². The van der Waals surface area contributed by atoms with E-state index in [0.717, 1.165) is 11.8 Å². The lowest BCUT2D eigenvalue weighted by atomic mass is 9.95. The Bertz CT molecular complexity index is 1890. The molecule has 0 aliphatic carbocycles. The number of nitrogens with zero attached hydrogens (tertiary/aromatic N) is 5. The van der Waals surface area contributed by atoms with Crippen molar-refractivity contribution in [2.45, 2.75) is 44.8 Å². The topological polar surface area (TPSA) is 135 Å². The number of sulfonamides is 1. The molecule has 0 amide bonds. The van der Waals surface area contributed by atoms with Crippen LogP contribution in [0.4, 0.5) is 14.5 Å². The Labute approximate surface area is 238 Å². The van der Waals surface area contributed by atoms with Gasteiger partial charge in [-0.25, -0.2) is 37.0 Å². The summed E-state index contributed by atoms with van der Waals surface area (Å²) in [7, 11) is -7.42. The number of benzene rings is 2. The summed E-state index contributed by atoms with van der Waals surface area (Å²) in [5.74, 6) is -0.818. The van der Waals surface area contributed by atoms with Crippen molar-refractivity contribution >= 4 is 34.6 Å². The van der Waals surface area contributed by atoms with Crippen molar-refractivity contribution in [3.63, 3.8) is 0 Å². The molecule has 16 heteroatoms. The highest BCUT2D eigenvalue weighted by molar-refractivity contribution is 7.92. The molecular formula is C26H24F2N5O7PS. The van der Waals surface area contributed by atoms with Gasteiger partial charge in [-0.3, -0.25) is 8.83 Å². The van der Waals surface area contributed by atoms with Gasteiger partial charge >= 0.3 is 14.4 Å². The minimum Gasteiger partial charge on any atom is -0.434 e. The zero-order valence-corrected chi connectivity index (χ0v) is 24.2. The van der Waals surface area contributed by atoms with Crippen molar-refractivity contribution < 1.29 is 40.1 Å². The van der Waals surface area contributed by atoms with Gasteiger partial charge in [0.2, 0.25) is 15.8 Å². The number of imidazole rings is 1. The summed E-state index contributed by atoms with van der Waals surface area (Å²) in [6, 6.07) is 8.89. The first-order valence-electron chi connectivity index (χ1n) is 13.0. The first kappa shape index (κ1) is 27.3. The largest absolute Gasteiger partial charge is 0.480 e. The Kier molecular flexibility index (Phi) is 6.03. The fourth-order valence-corrected chi connectivity index (χ4v) is 8.61. The monoisotopic (exact) mass is 619 g/mol. The first-order chi connectivity index (χ1) is 19.9. The summed E-state index contributed by atoms with van der Waals surface area (Å²) in [5.41, 5.74) is 3.32. The molecular weight excluding hydrogens is 595 g/mol. The van der Waals surface area contributed by atoms with E-state index in [1.165, 1.54) is 16.4 Å². The molecule has 12 nitrogen and oxygen atoms in total. The molecule has 1 saturated heterocycles. The lowest BCUT2D eigenvalue weighted by Crippen LogP contribution is -2.39. The average Bonchev–Trinajstić information content (AvgIpc) is 3.42. The molecule has 5 heterocycles. The number of rotatable bonds is 7. The molecule has 1 fully saturated rings. The van der Waals surface area contributed by atoms with Gasteiger partial charge in [0.05, 0.1) is 35.6 Å². The molecule has 2 aromatic heterocycles. The number of phosphoric acid groups is 1. The van der Waals surface area contributed by atoms with Crippen LogP contribution in [-0.4, -0.2) is 47.4 Å². The van der Waals surface area contributed by atoms with Crippen LogP contribution in [0.3, 0.4) is 0 Å². The Morgan fingerprint density at radius 2 is 1.88 bits per heavy atom. The van der Waals surface area contributed by atoms with Gasteiger partial charge < -0.3 is 9.30 Å². The van der Waals surface area contributed by atoms with Gasteiger partial charge in [0.25, 0.3) is 0 Å². The molecule has 7 rings (SSSR count). The summed E-state index contributed by atoms with van der Waals surface area (Å²) in [5, 5.41) is 0. The molecule has 4 aromatic rings. The van der Waals surface area contributed by atoms with E-state index in [4.69, 9.17) is 23.3 Å². The van der Waals surface area contributed by atoms with Crippen LogP contribution in [0, 0.1) is 0 Å². The Hall–Kier alpha value is -3.49. The highest BCUT2D eigenvalue weighted by Gasteiger charge is 2.57. The molecule has 0 radical (unpaired) electrons. The van der Waals surface area contributed by atoms with Crippen molar-refractivity contribution in [1.29, 1.82) is 0 Å². The number of fused-ring (bicyclic) bond motifs is 9. The van der Waals surface area contributed by atoms with Crippen LogP contribution in [0.5, 0.6) is 5.75 Å². The van der Waals surface area contributed by atoms with E-state index in [1.54, 1.807) is 38.4 Å². The Balaban J connectivity index is 1.30. The van der Waals surface area contributed by atoms with Gasteiger partial charge in [-0.1, -0.05) is 12.1 Å². The highest BCUT2D eigenvalue weighted by Crippen LogP contribution is 2.67. The van der Waals surface area contributed by atoms with Crippen molar-refractivity contribution in [3.8, 4) is 16.9 Å². The lowest BCUT2D eigenvalue weighted by molar-refractivity contribution is -0.222. The van der Waals surface area contributed by atoms with E-state index >= 15 is 0 Å². The Morgan fingerprint density at radius 3 is 2.55 bits per heavy atom. The van der Waals surface area contributed by atoms with Crippen LogP contribution in [0.1, 0.15) is 49.6 Å². The molecule has 0 unspecified atom stereocenters. The molecule has 0 spiro atoms. The molecule has 3 aliphatic heterocycles. The third-order valence-electron chi connectivity index (χ3n) is 7.49. The number of aromatic nitrogens is 4. The second-order valence-electron chi connectivity index (χ2n) is 10.2. The molecule has 2 bridgehead atoms. The first-order valence-corrected chi connectivity index (χ1v) is 16.3. The van der Waals surface area contributed by atoms with Crippen LogP contribution in [0.15, 0.2) is 48.8 Å². The minimum atomic E-state index is -3.80. The van der Waals surface area contributed by atoms with Gasteiger partial charge in [-0.15, -0.1) is 0 Å². The molecule has 0 saturated carbocycles. The third kappa shape index (κ3) is 4.14. The summed E-state index contributed by atoms with van der Waals surface area (Å²) in [6.07, 6.45) is 4.54. The van der Waals surface area contributed by atoms with Gasteiger partial charge in [0.15, 0.2) is 5.82 Å². The predicted molar refractivity (Wildman–Crippen MR) is 145 cm³/mol. The quantitative estimate of drug-likeness (QED) is 0.252. The smallest absolute Gasteiger partial charge is 0.434 e. The third-order valence-corrected chi connectivity index (χ3v) is 10.4. The molecule has 220 valence electrons. The second-order valence-corrected chi connectivity index (χ2v) is 13.6. The second kappa shape index (κ2) is 9.25. The normalized spacial score (nSPS) is 26.3. The van der Waals surface area contributed by atoms with Crippen molar-refractivity contribution in [3.05, 3.63) is 66.0 Å². The molecule has 2 aromatic carbocycles. The maximum Gasteiger partial charge on any atom is 0.480 e. The van der Waals surface area contributed by atoms with Gasteiger partial charge in [-0.2, -0.15) is 8.78 Å². The van der Waals surface area contributed by atoms with E-state index in [2.05, 4.69) is 9.97 Å². The van der Waals surface area contributed by atoms with Crippen LogP contribution in [0.25, 0.3) is 22.2 Å². The molecule has 2 atom stereocenters. The van der Waals surface area contributed by atoms with Crippen LogP contribution >= 0.6 is 7.82 Å². The minimum absolute atomic E-state index is 0.0859. The van der Waals surface area contributed by atoms with Crippen LogP contribution < -0.4 is 9.04 Å². The zero-order valence-electron chi connectivity index (χ0n) is 22.5. The van der Waals surface area contributed by atoms with Gasteiger partial charge in [0.1, 0.15) is 17.6 Å². The molecule has 42 heavy (non-hydrogen) atoms. The van der Waals surface area contributed by atoms with E-state index in [0.29, 0.717) is 40.1 Å². The van der Waals surface area contributed by atoms with Crippen LogP contribution in [0.2, 0.25) is 0 Å². The van der Waals surface area contributed by atoms with E-state index < -0.39 is 42.3 Å². The average molecular weight is 620 g/mol. The van der Waals surface area contributed by atoms with Gasteiger partial charge in [0, 0.05) is 29.9 Å².